The monoisotopic (exact) mass is 258 g/mol. The Morgan fingerprint density at radius 3 is 3.00 bits per heavy atom. The number of ether oxygens (including phenoxy) is 2. The number of hydrogen-bond donors (Lipinski definition) is 1. The van der Waals surface area contributed by atoms with E-state index >= 15 is 0 Å². The molecule has 0 bridgehead atoms. The van der Waals surface area contributed by atoms with E-state index in [1.165, 1.54) is 0 Å². The maximum absolute atomic E-state index is 10.5. The van der Waals surface area contributed by atoms with Crippen LogP contribution in [0.2, 0.25) is 0 Å². The van der Waals surface area contributed by atoms with Crippen LogP contribution < -0.4 is 9.47 Å². The molecule has 1 aliphatic heterocycles. The van der Waals surface area contributed by atoms with Gasteiger partial charge in [-0.1, -0.05) is 6.07 Å². The molecule has 0 unspecified atom stereocenters. The third-order valence-corrected chi connectivity index (χ3v) is 2.77. The zero-order valence-corrected chi connectivity index (χ0v) is 8.70. The normalized spacial score (nSPS) is 12.9. The lowest BCUT2D eigenvalue weighted by Crippen LogP contribution is -2.00. The van der Waals surface area contributed by atoms with E-state index in [4.69, 9.17) is 14.6 Å². The van der Waals surface area contributed by atoms with Crippen molar-refractivity contribution in [3.8, 4) is 11.5 Å². The summed E-state index contributed by atoms with van der Waals surface area (Å²) in [6.07, 6.45) is -0.0305. The Morgan fingerprint density at radius 2 is 2.29 bits per heavy atom. The predicted octanol–water partition coefficient (Wildman–Crippen LogP) is 1.80. The number of aliphatic carboxylic acids is 1. The first-order chi connectivity index (χ1) is 6.68. The molecule has 74 valence electrons. The maximum Gasteiger partial charge on any atom is 0.307 e. The van der Waals surface area contributed by atoms with E-state index in [1.54, 1.807) is 12.1 Å². The van der Waals surface area contributed by atoms with Gasteiger partial charge in [0.15, 0.2) is 11.5 Å². The lowest BCUT2D eigenvalue weighted by atomic mass is 10.1. The number of carboxylic acids is 1. The van der Waals surface area contributed by atoms with Gasteiger partial charge < -0.3 is 14.6 Å². The third-order valence-electron chi connectivity index (χ3n) is 1.90. The second kappa shape index (κ2) is 3.49. The van der Waals surface area contributed by atoms with E-state index in [2.05, 4.69) is 15.9 Å². The highest BCUT2D eigenvalue weighted by atomic mass is 79.9. The van der Waals surface area contributed by atoms with Crippen molar-refractivity contribution in [1.82, 2.24) is 0 Å². The van der Waals surface area contributed by atoms with Crippen molar-refractivity contribution in [3.63, 3.8) is 0 Å². The van der Waals surface area contributed by atoms with Crippen LogP contribution in [0.3, 0.4) is 0 Å². The Bertz CT molecular complexity index is 389. The van der Waals surface area contributed by atoms with Gasteiger partial charge in [0.2, 0.25) is 6.79 Å². The van der Waals surface area contributed by atoms with Gasteiger partial charge in [0.25, 0.3) is 0 Å². The van der Waals surface area contributed by atoms with Crippen LogP contribution in [0.15, 0.2) is 16.6 Å². The molecule has 1 aliphatic rings. The SMILES string of the molecule is O=C(O)Cc1ccc2c(c1Br)OCO2. The summed E-state index contributed by atoms with van der Waals surface area (Å²) < 4.78 is 11.0. The van der Waals surface area contributed by atoms with Crippen LogP contribution in [0.25, 0.3) is 0 Å². The van der Waals surface area contributed by atoms with E-state index in [0.29, 0.717) is 21.5 Å². The van der Waals surface area contributed by atoms with E-state index < -0.39 is 5.97 Å². The number of carboxylic acid groups (broad SMARTS) is 1. The van der Waals surface area contributed by atoms with Gasteiger partial charge in [0.1, 0.15) is 0 Å². The van der Waals surface area contributed by atoms with Gasteiger partial charge in [0, 0.05) is 0 Å². The fourth-order valence-corrected chi connectivity index (χ4v) is 1.86. The molecule has 5 heteroatoms. The number of rotatable bonds is 2. The molecule has 0 aromatic heterocycles. The van der Waals surface area contributed by atoms with Gasteiger partial charge in [0.05, 0.1) is 10.9 Å². The van der Waals surface area contributed by atoms with Crippen LogP contribution in [-0.2, 0) is 11.2 Å². The molecule has 1 aromatic carbocycles. The first kappa shape index (κ1) is 9.33. The van der Waals surface area contributed by atoms with Gasteiger partial charge in [-0.15, -0.1) is 0 Å². The Hall–Kier alpha value is -1.23. The largest absolute Gasteiger partial charge is 0.481 e. The average molecular weight is 259 g/mol. The zero-order valence-electron chi connectivity index (χ0n) is 7.12. The van der Waals surface area contributed by atoms with Crippen LogP contribution in [-0.4, -0.2) is 17.9 Å². The molecule has 0 atom stereocenters. The molecule has 4 nitrogen and oxygen atoms in total. The summed E-state index contributed by atoms with van der Waals surface area (Å²) in [6.45, 7) is 0.185. The van der Waals surface area contributed by atoms with Crippen molar-refractivity contribution in [2.45, 2.75) is 6.42 Å². The van der Waals surface area contributed by atoms with Crippen molar-refractivity contribution in [1.29, 1.82) is 0 Å². The van der Waals surface area contributed by atoms with Crippen LogP contribution in [0.5, 0.6) is 11.5 Å². The molecule has 2 rings (SSSR count). The molecule has 0 saturated heterocycles. The van der Waals surface area contributed by atoms with Gasteiger partial charge in [-0.05, 0) is 27.6 Å². The Balaban J connectivity index is 2.39. The molecule has 0 radical (unpaired) electrons. The highest BCUT2D eigenvalue weighted by molar-refractivity contribution is 9.10. The maximum atomic E-state index is 10.5. The first-order valence-corrected chi connectivity index (χ1v) is 4.76. The zero-order chi connectivity index (χ0) is 10.1. The summed E-state index contributed by atoms with van der Waals surface area (Å²) in [6, 6.07) is 3.43. The highest BCUT2D eigenvalue weighted by Gasteiger charge is 2.19. The molecule has 0 amide bonds. The van der Waals surface area contributed by atoms with E-state index in [0.717, 1.165) is 0 Å². The lowest BCUT2D eigenvalue weighted by molar-refractivity contribution is -0.136. The fraction of sp³-hybridized carbons (Fsp3) is 0.222. The Labute approximate surface area is 88.6 Å². The van der Waals surface area contributed by atoms with Crippen molar-refractivity contribution in [2.24, 2.45) is 0 Å². The van der Waals surface area contributed by atoms with Gasteiger partial charge in [-0.2, -0.15) is 0 Å². The van der Waals surface area contributed by atoms with Crippen molar-refractivity contribution in [2.75, 3.05) is 6.79 Å². The molecular weight excluding hydrogens is 252 g/mol. The first-order valence-electron chi connectivity index (χ1n) is 3.97. The molecule has 14 heavy (non-hydrogen) atoms. The number of hydrogen-bond acceptors (Lipinski definition) is 3. The van der Waals surface area contributed by atoms with Crippen LogP contribution in [0, 0.1) is 0 Å². The molecule has 0 spiro atoms. The fourth-order valence-electron chi connectivity index (χ4n) is 1.28. The minimum Gasteiger partial charge on any atom is -0.481 e. The van der Waals surface area contributed by atoms with Crippen LogP contribution in [0.1, 0.15) is 5.56 Å². The summed E-state index contributed by atoms with van der Waals surface area (Å²) in [5.41, 5.74) is 0.682. The summed E-state index contributed by atoms with van der Waals surface area (Å²) in [5.74, 6) is 0.360. The van der Waals surface area contributed by atoms with Crippen molar-refractivity contribution in [3.05, 3.63) is 22.2 Å². The molecule has 0 saturated carbocycles. The van der Waals surface area contributed by atoms with Crippen LogP contribution in [0.4, 0.5) is 0 Å². The standard InChI is InChI=1S/C9H7BrO4/c10-8-5(3-7(11)12)1-2-6-9(8)14-4-13-6/h1-2H,3-4H2,(H,11,12). The number of benzene rings is 1. The minimum absolute atomic E-state index is 0.0305. The molecule has 1 aromatic rings. The molecular formula is C9H7BrO4. The topological polar surface area (TPSA) is 55.8 Å². The van der Waals surface area contributed by atoms with Crippen LogP contribution >= 0.6 is 15.9 Å². The summed E-state index contributed by atoms with van der Waals surface area (Å²) in [4.78, 5) is 10.5. The second-order valence-electron chi connectivity index (χ2n) is 2.84. The van der Waals surface area contributed by atoms with Gasteiger partial charge >= 0.3 is 5.97 Å². The third kappa shape index (κ3) is 1.55. The predicted molar refractivity (Wildman–Crippen MR) is 51.6 cm³/mol. The quantitative estimate of drug-likeness (QED) is 0.879. The Kier molecular flexibility index (Phi) is 2.33. The average Bonchev–Trinajstić information content (AvgIpc) is 2.57. The minimum atomic E-state index is -0.871. The summed E-state index contributed by atoms with van der Waals surface area (Å²) in [5, 5.41) is 8.65. The molecule has 0 fully saturated rings. The van der Waals surface area contributed by atoms with Gasteiger partial charge in [-0.3, -0.25) is 4.79 Å². The van der Waals surface area contributed by atoms with E-state index in [1.807, 2.05) is 0 Å². The van der Waals surface area contributed by atoms with Crippen molar-refractivity contribution >= 4 is 21.9 Å². The van der Waals surface area contributed by atoms with E-state index in [-0.39, 0.29) is 13.2 Å². The number of halogens is 1. The number of fused-ring (bicyclic) bond motifs is 1. The molecule has 0 aliphatic carbocycles. The van der Waals surface area contributed by atoms with Gasteiger partial charge in [-0.25, -0.2) is 0 Å². The highest BCUT2D eigenvalue weighted by Crippen LogP contribution is 2.41. The van der Waals surface area contributed by atoms with Crippen molar-refractivity contribution < 1.29 is 19.4 Å². The summed E-state index contributed by atoms with van der Waals surface area (Å²) in [7, 11) is 0. The second-order valence-corrected chi connectivity index (χ2v) is 3.64. The number of carbonyl (C=O) groups is 1. The molecule has 1 heterocycles. The smallest absolute Gasteiger partial charge is 0.307 e. The van der Waals surface area contributed by atoms with E-state index in [9.17, 15) is 4.79 Å². The summed E-state index contributed by atoms with van der Waals surface area (Å²) >= 11 is 3.29. The lowest BCUT2D eigenvalue weighted by Gasteiger charge is -2.04. The Morgan fingerprint density at radius 1 is 1.50 bits per heavy atom. The molecule has 1 N–H and O–H groups in total.